The fourth-order valence-corrected chi connectivity index (χ4v) is 2.57. The van der Waals surface area contributed by atoms with Crippen LogP contribution in [0.2, 0.25) is 0 Å². The summed E-state index contributed by atoms with van der Waals surface area (Å²) >= 11 is 0. The van der Waals surface area contributed by atoms with Crippen molar-refractivity contribution in [2.45, 2.75) is 56.0 Å². The topological polar surface area (TPSA) is 194 Å². The number of amides is 1. The summed E-state index contributed by atoms with van der Waals surface area (Å²) < 4.78 is 4.89. The Balaban J connectivity index is 3.43. The highest BCUT2D eigenvalue weighted by Crippen LogP contribution is 2.37. The molecule has 0 aromatic rings. The molecule has 1 saturated heterocycles. The Morgan fingerprint density at radius 3 is 2.17 bits per heavy atom. The summed E-state index contributed by atoms with van der Waals surface area (Å²) in [5, 5.41) is 60.4. The Bertz CT molecular complexity index is 525. The molecule has 0 aliphatic carbocycles. The first kappa shape index (κ1) is 20.4. The van der Waals surface area contributed by atoms with Crippen LogP contribution in [-0.2, 0) is 19.1 Å². The van der Waals surface area contributed by atoms with Crippen LogP contribution >= 0.6 is 0 Å². The largest absolute Gasteiger partial charge is 0.477 e. The van der Waals surface area contributed by atoms with Gasteiger partial charge < -0.3 is 40.7 Å². The van der Waals surface area contributed by atoms with E-state index in [9.17, 15) is 34.8 Å². The standard InChI is InChI=1S/C13H21NO10/c1-5(16)12(22)4-13(23,11(20)21)24-9(8(19)7(18)3-15)10(12)14-6(2)17/h7-10,15,18-19,22-23H,3-4H2,1-2H3,(H,14,17)(H,20,21)/t7-,8-,9+,10+,12-,13+/m1/s1. The highest BCUT2D eigenvalue weighted by Gasteiger charge is 2.62. The number of carbonyl (C=O) groups excluding carboxylic acids is 2. The van der Waals surface area contributed by atoms with Gasteiger partial charge >= 0.3 is 5.97 Å². The molecule has 1 amide bonds. The second kappa shape index (κ2) is 7.09. The normalized spacial score (nSPS) is 35.8. The Kier molecular flexibility index (Phi) is 6.03. The number of carboxylic acid groups (broad SMARTS) is 1. The van der Waals surface area contributed by atoms with Crippen molar-refractivity contribution < 1.29 is 49.8 Å². The van der Waals surface area contributed by atoms with Crippen molar-refractivity contribution in [3.8, 4) is 0 Å². The Hall–Kier alpha value is -1.63. The van der Waals surface area contributed by atoms with Crippen LogP contribution in [0.15, 0.2) is 0 Å². The number of carbonyl (C=O) groups is 3. The van der Waals surface area contributed by atoms with Crippen LogP contribution in [0.5, 0.6) is 0 Å². The molecule has 0 spiro atoms. The van der Waals surface area contributed by atoms with Crippen LogP contribution in [0.1, 0.15) is 20.3 Å². The molecule has 0 aromatic carbocycles. The van der Waals surface area contributed by atoms with Gasteiger partial charge in [0.25, 0.3) is 5.79 Å². The van der Waals surface area contributed by atoms with Crippen LogP contribution in [-0.4, -0.2) is 90.6 Å². The SMILES string of the molecule is CC(=O)N[C@H]1[C@H]([C@H](O)[C@H](O)CO)O[C@](O)(C(=O)O)C[C@@]1(O)C(C)=O. The first-order valence-electron chi connectivity index (χ1n) is 7.00. The predicted octanol–water partition coefficient (Wildman–Crippen LogP) is -3.91. The van der Waals surface area contributed by atoms with E-state index in [0.717, 1.165) is 13.8 Å². The number of aliphatic hydroxyl groups is 5. The maximum Gasteiger partial charge on any atom is 0.364 e. The van der Waals surface area contributed by atoms with E-state index < -0.39 is 66.4 Å². The first-order valence-corrected chi connectivity index (χ1v) is 7.00. The number of hydrogen-bond donors (Lipinski definition) is 7. The number of hydrogen-bond acceptors (Lipinski definition) is 9. The molecule has 1 aliphatic rings. The van der Waals surface area contributed by atoms with Crippen molar-refractivity contribution in [1.82, 2.24) is 5.32 Å². The molecule has 11 heteroatoms. The average molecular weight is 351 g/mol. The maximum absolute atomic E-state index is 11.9. The number of aliphatic hydroxyl groups excluding tert-OH is 3. The lowest BCUT2D eigenvalue weighted by Crippen LogP contribution is -2.74. The molecule has 24 heavy (non-hydrogen) atoms. The van der Waals surface area contributed by atoms with Gasteiger partial charge in [-0.15, -0.1) is 0 Å². The van der Waals surface area contributed by atoms with E-state index in [0.29, 0.717) is 0 Å². The second-order valence-corrected chi connectivity index (χ2v) is 5.75. The van der Waals surface area contributed by atoms with Gasteiger partial charge in [0.05, 0.1) is 19.1 Å². The fraction of sp³-hybridized carbons (Fsp3) is 0.769. The van der Waals surface area contributed by atoms with Crippen molar-refractivity contribution in [3.05, 3.63) is 0 Å². The van der Waals surface area contributed by atoms with Crippen molar-refractivity contribution in [2.24, 2.45) is 0 Å². The third-order valence-electron chi connectivity index (χ3n) is 3.90. The van der Waals surface area contributed by atoms with Gasteiger partial charge in [0, 0.05) is 6.92 Å². The van der Waals surface area contributed by atoms with Crippen LogP contribution in [0, 0.1) is 0 Å². The Labute approximate surface area is 136 Å². The maximum atomic E-state index is 11.9. The third kappa shape index (κ3) is 3.71. The van der Waals surface area contributed by atoms with Crippen LogP contribution < -0.4 is 5.32 Å². The molecule has 1 aliphatic heterocycles. The van der Waals surface area contributed by atoms with Gasteiger partial charge in [-0.05, 0) is 6.92 Å². The molecular formula is C13H21NO10. The lowest BCUT2D eigenvalue weighted by molar-refractivity contribution is -0.307. The molecule has 1 fully saturated rings. The summed E-state index contributed by atoms with van der Waals surface area (Å²) in [7, 11) is 0. The minimum atomic E-state index is -3.06. The summed E-state index contributed by atoms with van der Waals surface area (Å²) in [5.74, 6) is -6.75. The summed E-state index contributed by atoms with van der Waals surface area (Å²) in [4.78, 5) is 34.5. The zero-order valence-electron chi connectivity index (χ0n) is 13.0. The average Bonchev–Trinajstić information content (AvgIpc) is 2.47. The first-order chi connectivity index (χ1) is 10.9. The van der Waals surface area contributed by atoms with Gasteiger partial charge in [0.1, 0.15) is 18.3 Å². The van der Waals surface area contributed by atoms with Crippen LogP contribution in [0.3, 0.4) is 0 Å². The zero-order valence-corrected chi connectivity index (χ0v) is 13.0. The second-order valence-electron chi connectivity index (χ2n) is 5.75. The quantitative estimate of drug-likeness (QED) is 0.248. The number of Topliss-reactive ketones (excluding diaryl/α,β-unsaturated/α-hetero) is 1. The molecule has 1 heterocycles. The summed E-state index contributed by atoms with van der Waals surface area (Å²) in [5.41, 5.74) is -2.60. The highest BCUT2D eigenvalue weighted by molar-refractivity contribution is 5.89. The van der Waals surface area contributed by atoms with E-state index in [1.54, 1.807) is 0 Å². The van der Waals surface area contributed by atoms with E-state index in [2.05, 4.69) is 5.32 Å². The van der Waals surface area contributed by atoms with Crippen LogP contribution in [0.25, 0.3) is 0 Å². The Morgan fingerprint density at radius 1 is 1.25 bits per heavy atom. The predicted molar refractivity (Wildman–Crippen MR) is 74.4 cm³/mol. The van der Waals surface area contributed by atoms with Crippen molar-refractivity contribution in [3.63, 3.8) is 0 Å². The van der Waals surface area contributed by atoms with Crippen molar-refractivity contribution in [2.75, 3.05) is 6.61 Å². The molecule has 0 unspecified atom stereocenters. The molecular weight excluding hydrogens is 330 g/mol. The Morgan fingerprint density at radius 2 is 1.79 bits per heavy atom. The lowest BCUT2D eigenvalue weighted by Gasteiger charge is -2.49. The lowest BCUT2D eigenvalue weighted by atomic mass is 9.76. The van der Waals surface area contributed by atoms with E-state index >= 15 is 0 Å². The van der Waals surface area contributed by atoms with Crippen LogP contribution in [0.4, 0.5) is 0 Å². The molecule has 138 valence electrons. The number of ether oxygens (including phenoxy) is 1. The fourth-order valence-electron chi connectivity index (χ4n) is 2.57. The number of carboxylic acids is 1. The monoisotopic (exact) mass is 351 g/mol. The zero-order chi connectivity index (χ0) is 18.9. The van der Waals surface area contributed by atoms with E-state index in [-0.39, 0.29) is 0 Å². The number of rotatable bonds is 6. The van der Waals surface area contributed by atoms with E-state index in [1.165, 1.54) is 0 Å². The number of aliphatic carboxylic acids is 1. The van der Waals surface area contributed by atoms with Crippen molar-refractivity contribution >= 4 is 17.7 Å². The van der Waals surface area contributed by atoms with E-state index in [1.807, 2.05) is 0 Å². The molecule has 0 radical (unpaired) electrons. The van der Waals surface area contributed by atoms with Gasteiger partial charge in [0.2, 0.25) is 5.91 Å². The minimum absolute atomic E-state index is 0.750. The highest BCUT2D eigenvalue weighted by atomic mass is 16.7. The van der Waals surface area contributed by atoms with Crippen molar-refractivity contribution in [1.29, 1.82) is 0 Å². The van der Waals surface area contributed by atoms with Gasteiger partial charge in [0.15, 0.2) is 11.4 Å². The molecule has 0 aromatic heterocycles. The van der Waals surface area contributed by atoms with Gasteiger partial charge in [-0.3, -0.25) is 9.59 Å². The summed E-state index contributed by atoms with van der Waals surface area (Å²) in [6.07, 6.45) is -6.89. The number of ketones is 1. The van der Waals surface area contributed by atoms with E-state index in [4.69, 9.17) is 14.9 Å². The number of nitrogens with one attached hydrogen (secondary N) is 1. The van der Waals surface area contributed by atoms with Gasteiger partial charge in [-0.2, -0.15) is 0 Å². The molecule has 1 rings (SSSR count). The van der Waals surface area contributed by atoms with Gasteiger partial charge in [-0.1, -0.05) is 0 Å². The third-order valence-corrected chi connectivity index (χ3v) is 3.90. The minimum Gasteiger partial charge on any atom is -0.477 e. The molecule has 0 bridgehead atoms. The summed E-state index contributed by atoms with van der Waals surface area (Å²) in [6.45, 7) is 0.969. The smallest absolute Gasteiger partial charge is 0.364 e. The van der Waals surface area contributed by atoms with Gasteiger partial charge in [-0.25, -0.2) is 4.79 Å². The molecule has 6 atom stereocenters. The molecule has 7 N–H and O–H groups in total. The molecule has 11 nitrogen and oxygen atoms in total. The molecule has 0 saturated carbocycles. The summed E-state index contributed by atoms with van der Waals surface area (Å²) in [6, 6.07) is -1.68.